The fourth-order valence-electron chi connectivity index (χ4n) is 1.73. The van der Waals surface area contributed by atoms with E-state index >= 15 is 0 Å². The van der Waals surface area contributed by atoms with Gasteiger partial charge in [0.2, 0.25) is 0 Å². The number of nitrogens with one attached hydrogen (secondary N) is 2. The van der Waals surface area contributed by atoms with Crippen molar-refractivity contribution in [3.8, 4) is 0 Å². The van der Waals surface area contributed by atoms with Crippen LogP contribution in [0.15, 0.2) is 23.0 Å². The predicted molar refractivity (Wildman–Crippen MR) is 69.2 cm³/mol. The number of aryl methyl sites for hydroxylation is 2. The van der Waals surface area contributed by atoms with Crippen LogP contribution >= 0.6 is 0 Å². The van der Waals surface area contributed by atoms with E-state index in [0.29, 0.717) is 23.6 Å². The second kappa shape index (κ2) is 5.49. The van der Waals surface area contributed by atoms with Crippen molar-refractivity contribution in [1.82, 2.24) is 15.5 Å². The molecule has 0 bridgehead atoms. The van der Waals surface area contributed by atoms with E-state index in [2.05, 4.69) is 20.9 Å². The third-order valence-electron chi connectivity index (χ3n) is 2.83. The second-order valence-electron chi connectivity index (χ2n) is 4.05. The van der Waals surface area contributed by atoms with Crippen molar-refractivity contribution in [1.29, 1.82) is 0 Å². The Labute approximate surface area is 110 Å². The molecule has 2 aromatic heterocycles. The number of aromatic nitrogens is 2. The molecule has 0 radical (unpaired) electrons. The molecule has 0 spiro atoms. The molecule has 100 valence electrons. The van der Waals surface area contributed by atoms with Gasteiger partial charge in [-0.25, -0.2) is 0 Å². The Bertz CT molecular complexity index is 574. The van der Waals surface area contributed by atoms with Gasteiger partial charge in [-0.05, 0) is 19.9 Å². The number of carbonyl (C=O) groups is 1. The fourth-order valence-corrected chi connectivity index (χ4v) is 1.73. The molecule has 2 rings (SSSR count). The zero-order chi connectivity index (χ0) is 13.8. The highest BCUT2D eigenvalue weighted by Crippen LogP contribution is 2.14. The first-order valence-electron chi connectivity index (χ1n) is 5.74. The quantitative estimate of drug-likeness (QED) is 0.557. The summed E-state index contributed by atoms with van der Waals surface area (Å²) in [7, 11) is 0. The first kappa shape index (κ1) is 13.0. The van der Waals surface area contributed by atoms with Crippen molar-refractivity contribution >= 4 is 11.6 Å². The molecule has 0 unspecified atom stereocenters. The summed E-state index contributed by atoms with van der Waals surface area (Å²) >= 11 is 0. The number of hydrazine groups is 1. The van der Waals surface area contributed by atoms with Gasteiger partial charge in [0.25, 0.3) is 5.91 Å². The molecule has 7 nitrogen and oxygen atoms in total. The van der Waals surface area contributed by atoms with Gasteiger partial charge in [0.1, 0.15) is 5.76 Å². The van der Waals surface area contributed by atoms with Crippen molar-refractivity contribution in [2.24, 2.45) is 5.84 Å². The summed E-state index contributed by atoms with van der Waals surface area (Å²) in [6, 6.07) is 1.60. The first-order chi connectivity index (χ1) is 9.13. The summed E-state index contributed by atoms with van der Waals surface area (Å²) in [4.78, 5) is 15.9. The number of nitrogens with zero attached hydrogens (tertiary/aromatic N) is 2. The van der Waals surface area contributed by atoms with Crippen LogP contribution in [0.2, 0.25) is 0 Å². The number of nitrogen functional groups attached to an aromatic ring is 1. The van der Waals surface area contributed by atoms with Crippen LogP contribution in [0.4, 0.5) is 5.69 Å². The van der Waals surface area contributed by atoms with Crippen molar-refractivity contribution in [2.45, 2.75) is 20.4 Å². The zero-order valence-corrected chi connectivity index (χ0v) is 10.7. The molecule has 2 heterocycles. The van der Waals surface area contributed by atoms with Crippen LogP contribution in [0.3, 0.4) is 0 Å². The van der Waals surface area contributed by atoms with Crippen LogP contribution in [0, 0.1) is 13.8 Å². The lowest BCUT2D eigenvalue weighted by Gasteiger charge is -2.08. The number of pyridine rings is 1. The van der Waals surface area contributed by atoms with Gasteiger partial charge in [-0.2, -0.15) is 0 Å². The molecule has 0 fully saturated rings. The SMILES string of the molecule is Cc1noc(C)c1CNC(=O)c1ccncc1NN. The smallest absolute Gasteiger partial charge is 0.253 e. The Morgan fingerprint density at radius 1 is 1.47 bits per heavy atom. The largest absolute Gasteiger partial charge is 0.361 e. The highest BCUT2D eigenvalue weighted by atomic mass is 16.5. The van der Waals surface area contributed by atoms with E-state index in [4.69, 9.17) is 10.4 Å². The maximum Gasteiger partial charge on any atom is 0.253 e. The number of hydrogen-bond acceptors (Lipinski definition) is 6. The third-order valence-corrected chi connectivity index (χ3v) is 2.83. The topological polar surface area (TPSA) is 106 Å². The molecule has 0 aliphatic heterocycles. The molecule has 7 heteroatoms. The Morgan fingerprint density at radius 2 is 2.26 bits per heavy atom. The monoisotopic (exact) mass is 261 g/mol. The molecule has 0 saturated carbocycles. The molecule has 19 heavy (non-hydrogen) atoms. The lowest BCUT2D eigenvalue weighted by Crippen LogP contribution is -2.25. The van der Waals surface area contributed by atoms with Crippen molar-refractivity contribution in [3.05, 3.63) is 41.0 Å². The molecular weight excluding hydrogens is 246 g/mol. The standard InChI is InChI=1S/C12H15N5O2/c1-7-10(8(2)19-17-7)5-15-12(18)9-3-4-14-6-11(9)16-13/h3-4,6,16H,5,13H2,1-2H3,(H,15,18). The van der Waals surface area contributed by atoms with Crippen LogP contribution in [0.1, 0.15) is 27.4 Å². The van der Waals surface area contributed by atoms with Crippen molar-refractivity contribution < 1.29 is 9.32 Å². The Morgan fingerprint density at radius 3 is 2.89 bits per heavy atom. The normalized spacial score (nSPS) is 10.3. The van der Waals surface area contributed by atoms with E-state index in [1.54, 1.807) is 13.0 Å². The predicted octanol–water partition coefficient (Wildman–Crippen LogP) is 0.902. The molecule has 0 atom stereocenters. The van der Waals surface area contributed by atoms with Gasteiger partial charge in [-0.1, -0.05) is 5.16 Å². The Balaban J connectivity index is 2.10. The molecule has 4 N–H and O–H groups in total. The number of hydrogen-bond donors (Lipinski definition) is 3. The minimum absolute atomic E-state index is 0.240. The Hall–Kier alpha value is -2.41. The number of anilines is 1. The average molecular weight is 261 g/mol. The minimum atomic E-state index is -0.240. The second-order valence-corrected chi connectivity index (χ2v) is 4.05. The fraction of sp³-hybridized carbons (Fsp3) is 0.250. The molecule has 1 amide bonds. The van der Waals surface area contributed by atoms with E-state index in [-0.39, 0.29) is 5.91 Å². The van der Waals surface area contributed by atoms with Crippen molar-refractivity contribution in [3.63, 3.8) is 0 Å². The van der Waals surface area contributed by atoms with Gasteiger partial charge < -0.3 is 15.3 Å². The van der Waals surface area contributed by atoms with Gasteiger partial charge >= 0.3 is 0 Å². The summed E-state index contributed by atoms with van der Waals surface area (Å²) in [6.07, 6.45) is 3.02. The van der Waals surface area contributed by atoms with Gasteiger partial charge in [0.05, 0.1) is 23.1 Å². The lowest BCUT2D eigenvalue weighted by molar-refractivity contribution is 0.0951. The molecule has 0 aliphatic rings. The van der Waals surface area contributed by atoms with Gasteiger partial charge in [-0.3, -0.25) is 15.6 Å². The van der Waals surface area contributed by atoms with E-state index in [9.17, 15) is 4.79 Å². The number of rotatable bonds is 4. The van der Waals surface area contributed by atoms with E-state index in [1.165, 1.54) is 12.4 Å². The highest BCUT2D eigenvalue weighted by Gasteiger charge is 2.13. The van der Waals surface area contributed by atoms with Crippen LogP contribution in [-0.2, 0) is 6.54 Å². The highest BCUT2D eigenvalue weighted by molar-refractivity contribution is 5.99. The van der Waals surface area contributed by atoms with Crippen molar-refractivity contribution in [2.75, 3.05) is 5.43 Å². The van der Waals surface area contributed by atoms with E-state index < -0.39 is 0 Å². The van der Waals surface area contributed by atoms with Crippen LogP contribution in [-0.4, -0.2) is 16.0 Å². The summed E-state index contributed by atoms with van der Waals surface area (Å²) in [5, 5.41) is 6.63. The number of carbonyl (C=O) groups excluding carboxylic acids is 1. The molecule has 0 saturated heterocycles. The van der Waals surface area contributed by atoms with E-state index in [1.807, 2.05) is 6.92 Å². The maximum absolute atomic E-state index is 12.1. The number of amides is 1. The summed E-state index contributed by atoms with van der Waals surface area (Å²) in [5.74, 6) is 5.79. The average Bonchev–Trinajstić information content (AvgIpc) is 2.75. The molecular formula is C12H15N5O2. The third kappa shape index (κ3) is 2.71. The van der Waals surface area contributed by atoms with Crippen LogP contribution < -0.4 is 16.6 Å². The van der Waals surface area contributed by atoms with Gasteiger partial charge in [0.15, 0.2) is 0 Å². The lowest BCUT2D eigenvalue weighted by atomic mass is 10.2. The molecule has 0 aliphatic carbocycles. The molecule has 2 aromatic rings. The van der Waals surface area contributed by atoms with Crippen LogP contribution in [0.25, 0.3) is 0 Å². The summed E-state index contributed by atoms with van der Waals surface area (Å²) in [6.45, 7) is 3.99. The van der Waals surface area contributed by atoms with E-state index in [0.717, 1.165) is 11.3 Å². The van der Waals surface area contributed by atoms with Crippen LogP contribution in [0.5, 0.6) is 0 Å². The maximum atomic E-state index is 12.1. The first-order valence-corrected chi connectivity index (χ1v) is 5.74. The summed E-state index contributed by atoms with van der Waals surface area (Å²) < 4.78 is 5.03. The van der Waals surface area contributed by atoms with Gasteiger partial charge in [-0.15, -0.1) is 0 Å². The minimum Gasteiger partial charge on any atom is -0.361 e. The Kier molecular flexibility index (Phi) is 3.76. The zero-order valence-electron chi connectivity index (χ0n) is 10.7. The van der Waals surface area contributed by atoms with Gasteiger partial charge in [0, 0.05) is 18.3 Å². The number of nitrogens with two attached hydrogens (primary N) is 1. The summed E-state index contributed by atoms with van der Waals surface area (Å²) in [5.41, 5.74) is 4.99. The molecule has 0 aromatic carbocycles.